The zero-order valence-electron chi connectivity index (χ0n) is 11.7. The van der Waals surface area contributed by atoms with Crippen molar-refractivity contribution >= 4 is 17.4 Å². The minimum Gasteiger partial charge on any atom is -0.495 e. The van der Waals surface area contributed by atoms with E-state index in [4.69, 9.17) is 10.5 Å². The summed E-state index contributed by atoms with van der Waals surface area (Å²) in [6, 6.07) is 8.83. The molecule has 3 N–H and O–H groups in total. The van der Waals surface area contributed by atoms with Gasteiger partial charge in [-0.25, -0.2) is 4.98 Å². The van der Waals surface area contributed by atoms with E-state index in [0.717, 1.165) is 5.56 Å². The number of hydrogen-bond acceptors (Lipinski definition) is 4. The van der Waals surface area contributed by atoms with E-state index in [1.165, 1.54) is 0 Å². The third kappa shape index (κ3) is 3.06. The predicted octanol–water partition coefficient (Wildman–Crippen LogP) is 2.54. The maximum Gasteiger partial charge on any atom is 0.255 e. The molecule has 0 aliphatic heterocycles. The molecule has 0 spiro atoms. The van der Waals surface area contributed by atoms with Crippen molar-refractivity contribution in [2.45, 2.75) is 13.8 Å². The molecule has 1 amide bonds. The normalized spacial score (nSPS) is 10.2. The number of ether oxygens (including phenoxy) is 1. The lowest BCUT2D eigenvalue weighted by Crippen LogP contribution is -2.14. The first-order valence-corrected chi connectivity index (χ1v) is 6.20. The van der Waals surface area contributed by atoms with Gasteiger partial charge in [-0.2, -0.15) is 0 Å². The highest BCUT2D eigenvalue weighted by Gasteiger charge is 2.11. The Balaban J connectivity index is 2.29. The first-order chi connectivity index (χ1) is 9.49. The van der Waals surface area contributed by atoms with Gasteiger partial charge in [-0.1, -0.05) is 6.07 Å². The molecule has 0 fully saturated rings. The molecule has 104 valence electrons. The lowest BCUT2D eigenvalue weighted by atomic mass is 10.1. The highest BCUT2D eigenvalue weighted by Crippen LogP contribution is 2.25. The fourth-order valence-electron chi connectivity index (χ4n) is 1.94. The lowest BCUT2D eigenvalue weighted by molar-refractivity contribution is 0.102. The molecule has 0 saturated heterocycles. The van der Waals surface area contributed by atoms with Gasteiger partial charge in [0.15, 0.2) is 0 Å². The molecule has 0 radical (unpaired) electrons. The lowest BCUT2D eigenvalue weighted by Gasteiger charge is -2.11. The van der Waals surface area contributed by atoms with Gasteiger partial charge in [-0.3, -0.25) is 4.79 Å². The monoisotopic (exact) mass is 271 g/mol. The van der Waals surface area contributed by atoms with Gasteiger partial charge in [-0.05, 0) is 43.7 Å². The Morgan fingerprint density at radius 2 is 2.00 bits per heavy atom. The van der Waals surface area contributed by atoms with E-state index in [0.29, 0.717) is 28.5 Å². The van der Waals surface area contributed by atoms with Gasteiger partial charge in [0.2, 0.25) is 0 Å². The number of nitrogens with two attached hydrogens (primary N) is 1. The second kappa shape index (κ2) is 5.61. The van der Waals surface area contributed by atoms with Crippen molar-refractivity contribution in [3.8, 4) is 5.75 Å². The van der Waals surface area contributed by atoms with Crippen LogP contribution in [0.3, 0.4) is 0 Å². The molecule has 0 bridgehead atoms. The minimum atomic E-state index is -0.244. The maximum absolute atomic E-state index is 12.2. The molecule has 1 heterocycles. The van der Waals surface area contributed by atoms with Gasteiger partial charge in [0, 0.05) is 11.3 Å². The fourth-order valence-corrected chi connectivity index (χ4v) is 1.94. The number of carbonyl (C=O) groups excluding carboxylic acids is 1. The van der Waals surface area contributed by atoms with E-state index in [1.54, 1.807) is 26.2 Å². The molecule has 0 atom stereocenters. The van der Waals surface area contributed by atoms with E-state index in [-0.39, 0.29) is 5.91 Å². The average molecular weight is 271 g/mol. The molecule has 0 aliphatic carbocycles. The molecule has 2 aromatic rings. The van der Waals surface area contributed by atoms with Crippen molar-refractivity contribution in [1.29, 1.82) is 0 Å². The second-order valence-electron chi connectivity index (χ2n) is 4.58. The quantitative estimate of drug-likeness (QED) is 0.899. The average Bonchev–Trinajstić information content (AvgIpc) is 2.37. The summed E-state index contributed by atoms with van der Waals surface area (Å²) < 4.78 is 5.23. The number of carbonyl (C=O) groups is 1. The minimum absolute atomic E-state index is 0.244. The highest BCUT2D eigenvalue weighted by molar-refractivity contribution is 6.05. The molecular formula is C15H17N3O2. The Morgan fingerprint density at radius 3 is 2.65 bits per heavy atom. The number of pyridine rings is 1. The van der Waals surface area contributed by atoms with Crippen molar-refractivity contribution in [2.75, 3.05) is 18.2 Å². The SMILES string of the molecule is COc1ccc(C)cc1NC(=O)c1cc(C)nc(N)c1. The number of benzene rings is 1. The number of anilines is 2. The third-order valence-corrected chi connectivity index (χ3v) is 2.84. The van der Waals surface area contributed by atoms with E-state index in [1.807, 2.05) is 25.1 Å². The zero-order valence-corrected chi connectivity index (χ0v) is 11.7. The fraction of sp³-hybridized carbons (Fsp3) is 0.200. The number of aromatic nitrogens is 1. The highest BCUT2D eigenvalue weighted by atomic mass is 16.5. The Bertz CT molecular complexity index is 633. The van der Waals surface area contributed by atoms with E-state index >= 15 is 0 Å². The summed E-state index contributed by atoms with van der Waals surface area (Å²) in [6.45, 7) is 3.74. The Hall–Kier alpha value is -2.56. The number of hydrogen-bond donors (Lipinski definition) is 2. The molecule has 1 aromatic carbocycles. The van der Waals surface area contributed by atoms with Crippen LogP contribution in [0.2, 0.25) is 0 Å². The summed E-state index contributed by atoms with van der Waals surface area (Å²) in [5.41, 5.74) is 8.49. The molecule has 0 saturated carbocycles. The smallest absolute Gasteiger partial charge is 0.255 e. The summed E-state index contributed by atoms with van der Waals surface area (Å²) in [5.74, 6) is 0.695. The van der Waals surface area contributed by atoms with Crippen LogP contribution in [0.25, 0.3) is 0 Å². The van der Waals surface area contributed by atoms with Gasteiger partial charge in [0.1, 0.15) is 11.6 Å². The number of nitrogens with zero attached hydrogens (tertiary/aromatic N) is 1. The molecule has 0 aliphatic rings. The standard InChI is InChI=1S/C15H17N3O2/c1-9-4-5-13(20-3)12(6-9)18-15(19)11-7-10(2)17-14(16)8-11/h4-8H,1-3H3,(H2,16,17)(H,18,19). The predicted molar refractivity (Wildman–Crippen MR) is 79.1 cm³/mol. The molecule has 5 heteroatoms. The van der Waals surface area contributed by atoms with Crippen molar-refractivity contribution in [3.05, 3.63) is 47.2 Å². The maximum atomic E-state index is 12.2. The Labute approximate surface area is 117 Å². The van der Waals surface area contributed by atoms with Crippen molar-refractivity contribution in [3.63, 3.8) is 0 Å². The molecular weight excluding hydrogens is 254 g/mol. The number of nitrogen functional groups attached to an aromatic ring is 1. The molecule has 1 aromatic heterocycles. The van der Waals surface area contributed by atoms with Crippen LogP contribution in [0.5, 0.6) is 5.75 Å². The van der Waals surface area contributed by atoms with E-state index < -0.39 is 0 Å². The topological polar surface area (TPSA) is 77.2 Å². The van der Waals surface area contributed by atoms with Gasteiger partial charge in [0.05, 0.1) is 12.8 Å². The van der Waals surface area contributed by atoms with Gasteiger partial charge in [-0.15, -0.1) is 0 Å². The van der Waals surface area contributed by atoms with Crippen molar-refractivity contribution < 1.29 is 9.53 Å². The summed E-state index contributed by atoms with van der Waals surface area (Å²) >= 11 is 0. The Kier molecular flexibility index (Phi) is 3.89. The number of nitrogens with one attached hydrogen (secondary N) is 1. The molecule has 5 nitrogen and oxygen atoms in total. The summed E-state index contributed by atoms with van der Waals surface area (Å²) in [5, 5.41) is 2.83. The van der Waals surface area contributed by atoms with E-state index in [9.17, 15) is 4.79 Å². The number of aryl methyl sites for hydroxylation is 2. The van der Waals surface area contributed by atoms with Crippen LogP contribution in [-0.4, -0.2) is 18.0 Å². The number of amides is 1. The Morgan fingerprint density at radius 1 is 1.25 bits per heavy atom. The molecule has 20 heavy (non-hydrogen) atoms. The summed E-state index contributed by atoms with van der Waals surface area (Å²) in [6.07, 6.45) is 0. The van der Waals surface area contributed by atoms with Crippen LogP contribution >= 0.6 is 0 Å². The molecule has 2 rings (SSSR count). The van der Waals surface area contributed by atoms with Gasteiger partial charge in [0.25, 0.3) is 5.91 Å². The first kappa shape index (κ1) is 13.9. The van der Waals surface area contributed by atoms with Crippen LogP contribution in [-0.2, 0) is 0 Å². The third-order valence-electron chi connectivity index (χ3n) is 2.84. The van der Waals surface area contributed by atoms with E-state index in [2.05, 4.69) is 10.3 Å². The largest absolute Gasteiger partial charge is 0.495 e. The number of rotatable bonds is 3. The van der Waals surface area contributed by atoms with Crippen molar-refractivity contribution in [2.24, 2.45) is 0 Å². The summed E-state index contributed by atoms with van der Waals surface area (Å²) in [7, 11) is 1.56. The van der Waals surface area contributed by atoms with Crippen LogP contribution in [0.4, 0.5) is 11.5 Å². The van der Waals surface area contributed by atoms with Crippen LogP contribution in [0.15, 0.2) is 30.3 Å². The number of methoxy groups -OCH3 is 1. The van der Waals surface area contributed by atoms with Crippen LogP contribution in [0, 0.1) is 13.8 Å². The van der Waals surface area contributed by atoms with Gasteiger partial charge >= 0.3 is 0 Å². The summed E-state index contributed by atoms with van der Waals surface area (Å²) in [4.78, 5) is 16.3. The molecule has 0 unspecified atom stereocenters. The van der Waals surface area contributed by atoms with Crippen LogP contribution < -0.4 is 15.8 Å². The first-order valence-electron chi connectivity index (χ1n) is 6.20. The second-order valence-corrected chi connectivity index (χ2v) is 4.58. The zero-order chi connectivity index (χ0) is 14.7. The van der Waals surface area contributed by atoms with Crippen LogP contribution in [0.1, 0.15) is 21.6 Å². The van der Waals surface area contributed by atoms with Gasteiger partial charge < -0.3 is 15.8 Å². The van der Waals surface area contributed by atoms with Crippen molar-refractivity contribution in [1.82, 2.24) is 4.98 Å².